The normalized spacial score (nSPS) is 14.8. The van der Waals surface area contributed by atoms with E-state index in [-0.39, 0.29) is 18.4 Å². The highest BCUT2D eigenvalue weighted by atomic mass is 16.5. The first kappa shape index (κ1) is 19.2. The van der Waals surface area contributed by atoms with Crippen LogP contribution in [0.5, 0.6) is 5.75 Å². The Morgan fingerprint density at radius 3 is 2.68 bits per heavy atom. The summed E-state index contributed by atoms with van der Waals surface area (Å²) in [5, 5.41) is 2.88. The number of hydrogen-bond donors (Lipinski definition) is 1. The summed E-state index contributed by atoms with van der Waals surface area (Å²) in [4.78, 5) is 28.0. The van der Waals surface area contributed by atoms with E-state index in [1.54, 1.807) is 13.2 Å². The minimum Gasteiger partial charge on any atom is -0.495 e. The second kappa shape index (κ2) is 9.39. The minimum absolute atomic E-state index is 0.0295. The van der Waals surface area contributed by atoms with Gasteiger partial charge in [0.1, 0.15) is 12.3 Å². The molecule has 1 fully saturated rings. The molecule has 0 unspecified atom stereocenters. The van der Waals surface area contributed by atoms with E-state index < -0.39 is 0 Å². The number of anilines is 1. The molecule has 0 aliphatic carbocycles. The summed E-state index contributed by atoms with van der Waals surface area (Å²) in [5.74, 6) is 0.182. The number of nitrogens with zero attached hydrogens (tertiary/aromatic N) is 2. The number of rotatable bonds is 7. The van der Waals surface area contributed by atoms with Crippen LogP contribution in [0.25, 0.3) is 0 Å². The van der Waals surface area contributed by atoms with Gasteiger partial charge in [0.05, 0.1) is 26.0 Å². The summed E-state index contributed by atoms with van der Waals surface area (Å²) >= 11 is 0. The molecule has 1 aliphatic heterocycles. The van der Waals surface area contributed by atoms with Crippen LogP contribution in [0.2, 0.25) is 0 Å². The van der Waals surface area contributed by atoms with Crippen molar-refractivity contribution in [1.29, 1.82) is 0 Å². The van der Waals surface area contributed by atoms with Gasteiger partial charge >= 0.3 is 0 Å². The summed E-state index contributed by atoms with van der Waals surface area (Å²) in [6.07, 6.45) is 0. The number of methoxy groups -OCH3 is 1. The molecule has 1 heterocycles. The fraction of sp³-hybridized carbons (Fsp3) is 0.556. The van der Waals surface area contributed by atoms with Gasteiger partial charge < -0.3 is 14.8 Å². The van der Waals surface area contributed by atoms with Crippen molar-refractivity contribution >= 4 is 17.5 Å². The third kappa shape index (κ3) is 5.72. The van der Waals surface area contributed by atoms with Gasteiger partial charge in [-0.3, -0.25) is 19.4 Å². The molecule has 1 N–H and O–H groups in total. The van der Waals surface area contributed by atoms with E-state index in [9.17, 15) is 9.59 Å². The zero-order chi connectivity index (χ0) is 18.2. The molecule has 138 valence electrons. The van der Waals surface area contributed by atoms with E-state index in [4.69, 9.17) is 9.47 Å². The Morgan fingerprint density at radius 2 is 2.04 bits per heavy atom. The molecule has 1 aromatic carbocycles. The van der Waals surface area contributed by atoms with Crippen molar-refractivity contribution in [2.24, 2.45) is 0 Å². The van der Waals surface area contributed by atoms with Crippen molar-refractivity contribution in [2.45, 2.75) is 13.8 Å². The number of morpholine rings is 1. The van der Waals surface area contributed by atoms with Gasteiger partial charge in [-0.2, -0.15) is 0 Å². The van der Waals surface area contributed by atoms with E-state index in [1.807, 2.05) is 19.1 Å². The van der Waals surface area contributed by atoms with Crippen LogP contribution < -0.4 is 15.0 Å². The Labute approximate surface area is 148 Å². The largest absolute Gasteiger partial charge is 0.495 e. The number of nitrogens with one attached hydrogen (secondary N) is 1. The monoisotopic (exact) mass is 349 g/mol. The van der Waals surface area contributed by atoms with E-state index >= 15 is 0 Å². The Hall–Kier alpha value is -2.12. The topological polar surface area (TPSA) is 71.1 Å². The standard InChI is InChI=1S/C18H27N3O4/c1-14-4-5-17(24-3)16(12-14)21(15(2)22)13-18(23)19-6-7-20-8-10-25-11-9-20/h4-5,12H,6-11,13H2,1-3H3,(H,19,23). The highest BCUT2D eigenvalue weighted by Gasteiger charge is 2.20. The van der Waals surface area contributed by atoms with Crippen molar-refractivity contribution in [2.75, 3.05) is 57.9 Å². The lowest BCUT2D eigenvalue weighted by Crippen LogP contribution is -2.44. The van der Waals surface area contributed by atoms with Crippen LogP contribution in [-0.4, -0.2) is 69.8 Å². The molecule has 1 aliphatic rings. The van der Waals surface area contributed by atoms with Gasteiger partial charge in [-0.05, 0) is 24.6 Å². The van der Waals surface area contributed by atoms with E-state index in [0.717, 1.165) is 38.4 Å². The Bertz CT molecular complexity index is 600. The van der Waals surface area contributed by atoms with Gasteiger partial charge in [-0.1, -0.05) is 6.07 Å². The minimum atomic E-state index is -0.202. The van der Waals surface area contributed by atoms with Gasteiger partial charge in [-0.15, -0.1) is 0 Å². The first-order valence-corrected chi connectivity index (χ1v) is 8.51. The van der Waals surface area contributed by atoms with Gasteiger partial charge in [0.25, 0.3) is 0 Å². The van der Waals surface area contributed by atoms with E-state index in [1.165, 1.54) is 11.8 Å². The average molecular weight is 349 g/mol. The smallest absolute Gasteiger partial charge is 0.240 e. The van der Waals surface area contributed by atoms with Crippen LogP contribution >= 0.6 is 0 Å². The van der Waals surface area contributed by atoms with Crippen molar-refractivity contribution < 1.29 is 19.1 Å². The molecular formula is C18H27N3O4. The molecule has 0 radical (unpaired) electrons. The maximum Gasteiger partial charge on any atom is 0.240 e. The molecule has 1 saturated heterocycles. The molecule has 0 spiro atoms. The molecular weight excluding hydrogens is 322 g/mol. The van der Waals surface area contributed by atoms with E-state index in [0.29, 0.717) is 18.0 Å². The lowest BCUT2D eigenvalue weighted by molar-refractivity contribution is -0.123. The third-order valence-electron chi connectivity index (χ3n) is 4.16. The van der Waals surface area contributed by atoms with Crippen molar-refractivity contribution in [3.63, 3.8) is 0 Å². The highest BCUT2D eigenvalue weighted by molar-refractivity contribution is 5.98. The molecule has 0 atom stereocenters. The highest BCUT2D eigenvalue weighted by Crippen LogP contribution is 2.29. The molecule has 25 heavy (non-hydrogen) atoms. The van der Waals surface area contributed by atoms with Crippen LogP contribution in [-0.2, 0) is 14.3 Å². The number of benzene rings is 1. The molecule has 7 nitrogen and oxygen atoms in total. The lowest BCUT2D eigenvalue weighted by Gasteiger charge is -2.27. The van der Waals surface area contributed by atoms with Gasteiger partial charge in [0.15, 0.2) is 0 Å². The number of carbonyl (C=O) groups excluding carboxylic acids is 2. The number of hydrogen-bond acceptors (Lipinski definition) is 5. The zero-order valence-corrected chi connectivity index (χ0v) is 15.2. The van der Waals surface area contributed by atoms with Gasteiger partial charge in [0.2, 0.25) is 11.8 Å². The fourth-order valence-electron chi connectivity index (χ4n) is 2.75. The number of ether oxygens (including phenoxy) is 2. The van der Waals surface area contributed by atoms with Crippen molar-refractivity contribution in [1.82, 2.24) is 10.2 Å². The number of carbonyl (C=O) groups is 2. The SMILES string of the molecule is COc1ccc(C)cc1N(CC(=O)NCCN1CCOCC1)C(C)=O. The Morgan fingerprint density at radius 1 is 1.32 bits per heavy atom. The predicted octanol–water partition coefficient (Wildman–Crippen LogP) is 0.805. The first-order chi connectivity index (χ1) is 12.0. The van der Waals surface area contributed by atoms with Crippen LogP contribution in [0.15, 0.2) is 18.2 Å². The molecule has 0 saturated carbocycles. The molecule has 7 heteroatoms. The maximum absolute atomic E-state index is 12.3. The quantitative estimate of drug-likeness (QED) is 0.789. The second-order valence-electron chi connectivity index (χ2n) is 6.08. The summed E-state index contributed by atoms with van der Waals surface area (Å²) in [5.41, 5.74) is 1.60. The molecule has 2 amide bonds. The number of aryl methyl sites for hydroxylation is 1. The summed E-state index contributed by atoms with van der Waals surface area (Å²) < 4.78 is 10.6. The number of amides is 2. The zero-order valence-electron chi connectivity index (χ0n) is 15.2. The Kier molecular flexibility index (Phi) is 7.21. The third-order valence-corrected chi connectivity index (χ3v) is 4.16. The first-order valence-electron chi connectivity index (χ1n) is 8.51. The summed E-state index contributed by atoms with van der Waals surface area (Å²) in [7, 11) is 1.55. The summed E-state index contributed by atoms with van der Waals surface area (Å²) in [6.45, 7) is 7.92. The lowest BCUT2D eigenvalue weighted by atomic mass is 10.2. The molecule has 2 rings (SSSR count). The Balaban J connectivity index is 1.93. The van der Waals surface area contributed by atoms with E-state index in [2.05, 4.69) is 10.2 Å². The molecule has 0 aromatic heterocycles. The second-order valence-corrected chi connectivity index (χ2v) is 6.08. The van der Waals surface area contributed by atoms with Crippen molar-refractivity contribution in [3.05, 3.63) is 23.8 Å². The maximum atomic E-state index is 12.3. The van der Waals surface area contributed by atoms with Crippen molar-refractivity contribution in [3.8, 4) is 5.75 Å². The predicted molar refractivity (Wildman–Crippen MR) is 96.0 cm³/mol. The molecule has 1 aromatic rings. The van der Waals surface area contributed by atoms with Crippen LogP contribution in [0, 0.1) is 6.92 Å². The fourth-order valence-corrected chi connectivity index (χ4v) is 2.75. The van der Waals surface area contributed by atoms with Crippen LogP contribution in [0.3, 0.4) is 0 Å². The molecule has 0 bridgehead atoms. The van der Waals surface area contributed by atoms with Crippen LogP contribution in [0.4, 0.5) is 5.69 Å². The average Bonchev–Trinajstić information content (AvgIpc) is 2.60. The van der Waals surface area contributed by atoms with Crippen LogP contribution in [0.1, 0.15) is 12.5 Å². The summed E-state index contributed by atoms with van der Waals surface area (Å²) in [6, 6.07) is 5.56. The van der Waals surface area contributed by atoms with Gasteiger partial charge in [0, 0.05) is 33.1 Å². The van der Waals surface area contributed by atoms with Gasteiger partial charge in [-0.25, -0.2) is 0 Å².